The van der Waals surface area contributed by atoms with E-state index < -0.39 is 5.91 Å². The number of para-hydroxylation sites is 1. The number of halogens is 2. The number of fused-ring (bicyclic) bond motifs is 1. The van der Waals surface area contributed by atoms with E-state index in [4.69, 9.17) is 37.4 Å². The minimum absolute atomic E-state index is 0.0955. The molecule has 0 bridgehead atoms. The average Bonchev–Trinajstić information content (AvgIpc) is 3.20. The zero-order valence-corrected chi connectivity index (χ0v) is 23.2. The van der Waals surface area contributed by atoms with Crippen LogP contribution in [0.15, 0.2) is 83.8 Å². The van der Waals surface area contributed by atoms with E-state index in [1.165, 1.54) is 7.11 Å². The highest BCUT2D eigenvalue weighted by atomic mass is 35.5. The molecule has 1 saturated heterocycles. The zero-order chi connectivity index (χ0) is 27.4. The number of rotatable bonds is 9. The maximum atomic E-state index is 12.9. The number of thioether (sulfide) groups is 1. The molecule has 5 rings (SSSR count). The molecule has 4 aromatic rings. The largest absolute Gasteiger partial charge is 0.493 e. The summed E-state index contributed by atoms with van der Waals surface area (Å²) >= 11 is 13.5. The molecule has 198 valence electrons. The second-order valence-electron chi connectivity index (χ2n) is 8.57. The summed E-state index contributed by atoms with van der Waals surface area (Å²) in [6, 6.07) is 24.5. The molecule has 0 unspecified atom stereocenters. The first-order valence-electron chi connectivity index (χ1n) is 12.0. The summed E-state index contributed by atoms with van der Waals surface area (Å²) in [6.45, 7) is 0.516. The van der Waals surface area contributed by atoms with Crippen LogP contribution in [0.1, 0.15) is 11.1 Å². The Kier molecular flexibility index (Phi) is 8.31. The van der Waals surface area contributed by atoms with Crippen LogP contribution in [0.3, 0.4) is 0 Å². The van der Waals surface area contributed by atoms with Crippen molar-refractivity contribution in [3.63, 3.8) is 0 Å². The van der Waals surface area contributed by atoms with Crippen LogP contribution < -0.4 is 14.2 Å². The van der Waals surface area contributed by atoms with Gasteiger partial charge in [-0.25, -0.2) is 0 Å². The predicted molar refractivity (Wildman–Crippen MR) is 156 cm³/mol. The highest BCUT2D eigenvalue weighted by molar-refractivity contribution is 8.18. The number of methoxy groups -OCH3 is 1. The number of nitrogens with zero attached hydrogens (tertiary/aromatic N) is 1. The van der Waals surface area contributed by atoms with E-state index in [0.29, 0.717) is 39.5 Å². The summed E-state index contributed by atoms with van der Waals surface area (Å²) in [5, 5.41) is 2.63. The molecule has 0 aromatic heterocycles. The van der Waals surface area contributed by atoms with Crippen molar-refractivity contribution >= 4 is 63.0 Å². The van der Waals surface area contributed by atoms with E-state index >= 15 is 0 Å². The van der Waals surface area contributed by atoms with Gasteiger partial charge in [-0.15, -0.1) is 0 Å². The molecule has 0 aliphatic carbocycles. The van der Waals surface area contributed by atoms with Crippen LogP contribution >= 0.6 is 35.0 Å². The summed E-state index contributed by atoms with van der Waals surface area (Å²) in [5.41, 5.74) is 1.62. The Labute approximate surface area is 240 Å². The molecule has 1 heterocycles. The number of benzene rings is 4. The minimum Gasteiger partial charge on any atom is -0.493 e. The van der Waals surface area contributed by atoms with Crippen LogP contribution in [0.2, 0.25) is 10.0 Å². The molecule has 0 N–H and O–H groups in total. The summed E-state index contributed by atoms with van der Waals surface area (Å²) in [4.78, 5) is 26.9. The normalized spacial score (nSPS) is 14.3. The van der Waals surface area contributed by atoms with Crippen LogP contribution in [0.5, 0.6) is 17.2 Å². The van der Waals surface area contributed by atoms with Crippen molar-refractivity contribution in [1.82, 2.24) is 4.90 Å². The maximum Gasteiger partial charge on any atom is 0.293 e. The van der Waals surface area contributed by atoms with Crippen LogP contribution in [0, 0.1) is 0 Å². The lowest BCUT2D eigenvalue weighted by molar-refractivity contribution is -0.123. The van der Waals surface area contributed by atoms with Gasteiger partial charge in [-0.05, 0) is 64.0 Å². The van der Waals surface area contributed by atoms with Crippen LogP contribution in [0.4, 0.5) is 4.79 Å². The molecule has 4 aromatic carbocycles. The minimum atomic E-state index is -0.404. The van der Waals surface area contributed by atoms with Gasteiger partial charge in [0.2, 0.25) is 0 Å². The van der Waals surface area contributed by atoms with E-state index in [9.17, 15) is 9.59 Å². The first-order chi connectivity index (χ1) is 18.9. The lowest BCUT2D eigenvalue weighted by Gasteiger charge is -2.15. The van der Waals surface area contributed by atoms with Crippen molar-refractivity contribution < 1.29 is 23.8 Å². The van der Waals surface area contributed by atoms with E-state index in [-0.39, 0.29) is 23.3 Å². The molecule has 39 heavy (non-hydrogen) atoms. The van der Waals surface area contributed by atoms with Gasteiger partial charge >= 0.3 is 0 Å². The van der Waals surface area contributed by atoms with E-state index in [0.717, 1.165) is 33.0 Å². The second-order valence-corrected chi connectivity index (χ2v) is 10.4. The number of hydrogen-bond acceptors (Lipinski definition) is 6. The molecular weight excluding hydrogens is 557 g/mol. The van der Waals surface area contributed by atoms with E-state index in [1.807, 2.05) is 30.3 Å². The Balaban J connectivity index is 1.29. The highest BCUT2D eigenvalue weighted by Gasteiger charge is 2.35. The van der Waals surface area contributed by atoms with Gasteiger partial charge in [-0.2, -0.15) is 0 Å². The highest BCUT2D eigenvalue weighted by Crippen LogP contribution is 2.39. The predicted octanol–water partition coefficient (Wildman–Crippen LogP) is 7.85. The van der Waals surface area contributed by atoms with Gasteiger partial charge < -0.3 is 14.2 Å². The van der Waals surface area contributed by atoms with Gasteiger partial charge in [0.1, 0.15) is 19.0 Å². The fraction of sp³-hybridized carbons (Fsp3) is 0.133. The summed E-state index contributed by atoms with van der Waals surface area (Å²) in [5.74, 6) is 0.903. The third kappa shape index (κ3) is 6.01. The first-order valence-corrected chi connectivity index (χ1v) is 13.6. The number of ether oxygens (including phenoxy) is 3. The van der Waals surface area contributed by atoms with Crippen LogP contribution in [-0.4, -0.2) is 36.3 Å². The van der Waals surface area contributed by atoms with E-state index in [1.54, 1.807) is 42.5 Å². The fourth-order valence-electron chi connectivity index (χ4n) is 4.18. The Morgan fingerprint density at radius 1 is 0.872 bits per heavy atom. The van der Waals surface area contributed by atoms with Crippen molar-refractivity contribution in [3.8, 4) is 17.2 Å². The third-order valence-corrected chi connectivity index (χ3v) is 7.58. The van der Waals surface area contributed by atoms with Crippen molar-refractivity contribution in [2.45, 2.75) is 6.61 Å². The van der Waals surface area contributed by atoms with Crippen molar-refractivity contribution in [2.24, 2.45) is 0 Å². The second kappa shape index (κ2) is 12.0. The van der Waals surface area contributed by atoms with Gasteiger partial charge in [0, 0.05) is 0 Å². The topological polar surface area (TPSA) is 65.1 Å². The molecular formula is C30H23Cl2NO5S. The van der Waals surface area contributed by atoms with Gasteiger partial charge in [0.05, 0.1) is 28.6 Å². The summed E-state index contributed by atoms with van der Waals surface area (Å²) in [6.07, 6.45) is 1.61. The molecule has 2 amide bonds. The van der Waals surface area contributed by atoms with Crippen LogP contribution in [-0.2, 0) is 11.4 Å². The zero-order valence-electron chi connectivity index (χ0n) is 20.9. The maximum absolute atomic E-state index is 12.9. The molecule has 1 aliphatic heterocycles. The number of amides is 2. The van der Waals surface area contributed by atoms with Gasteiger partial charge in [0.25, 0.3) is 11.1 Å². The van der Waals surface area contributed by atoms with Crippen LogP contribution in [0.25, 0.3) is 16.8 Å². The number of hydrogen-bond donors (Lipinski definition) is 0. The smallest absolute Gasteiger partial charge is 0.293 e. The average molecular weight is 580 g/mol. The lowest BCUT2D eigenvalue weighted by atomic mass is 10.1. The Morgan fingerprint density at radius 2 is 1.64 bits per heavy atom. The Morgan fingerprint density at radius 3 is 2.46 bits per heavy atom. The standard InChI is InChI=1S/C30H23Cl2NO5S/c1-36-26-16-19(15-24(32)28(26)38-18-21-9-6-8-20-7-2-3-10-22(20)21)17-27-29(34)33(30(35)39-27)13-14-37-25-12-5-4-11-23(25)31/h2-12,15-17H,13-14,18H2,1H3/b27-17-. The molecule has 9 heteroatoms. The van der Waals surface area contributed by atoms with E-state index in [2.05, 4.69) is 12.1 Å². The van der Waals surface area contributed by atoms with Gasteiger partial charge in [0.15, 0.2) is 11.5 Å². The molecule has 0 saturated carbocycles. The molecule has 0 atom stereocenters. The monoisotopic (exact) mass is 579 g/mol. The molecule has 0 spiro atoms. The molecule has 6 nitrogen and oxygen atoms in total. The lowest BCUT2D eigenvalue weighted by Crippen LogP contribution is -2.32. The van der Waals surface area contributed by atoms with Crippen molar-refractivity contribution in [1.29, 1.82) is 0 Å². The fourth-order valence-corrected chi connectivity index (χ4v) is 5.51. The SMILES string of the molecule is COc1cc(/C=C2\SC(=O)N(CCOc3ccccc3Cl)C2=O)cc(Cl)c1OCc1cccc2ccccc12. The summed E-state index contributed by atoms with van der Waals surface area (Å²) < 4.78 is 17.3. The first kappa shape index (κ1) is 26.9. The number of imide groups is 1. The Bertz CT molecular complexity index is 1580. The third-order valence-electron chi connectivity index (χ3n) is 6.08. The summed E-state index contributed by atoms with van der Waals surface area (Å²) in [7, 11) is 1.52. The molecule has 0 radical (unpaired) electrons. The Hall–Kier alpha value is -3.65. The number of carbonyl (C=O) groups is 2. The van der Waals surface area contributed by atoms with Gasteiger partial charge in [-0.1, -0.05) is 77.8 Å². The molecule has 1 aliphatic rings. The van der Waals surface area contributed by atoms with Gasteiger partial charge in [-0.3, -0.25) is 14.5 Å². The molecule has 1 fully saturated rings. The quantitative estimate of drug-likeness (QED) is 0.188. The number of carbonyl (C=O) groups excluding carboxylic acids is 2. The van der Waals surface area contributed by atoms with Crippen molar-refractivity contribution in [2.75, 3.05) is 20.3 Å². The van der Waals surface area contributed by atoms with Crippen molar-refractivity contribution in [3.05, 3.63) is 105 Å².